The largest absolute Gasteiger partial charge is 0.497 e. The van der Waals surface area contributed by atoms with Crippen molar-refractivity contribution in [2.24, 2.45) is 7.05 Å². The van der Waals surface area contributed by atoms with E-state index in [-0.39, 0.29) is 11.3 Å². The van der Waals surface area contributed by atoms with Crippen molar-refractivity contribution in [3.05, 3.63) is 86.8 Å². The Labute approximate surface area is 176 Å². The van der Waals surface area contributed by atoms with Gasteiger partial charge in [0.1, 0.15) is 5.75 Å². The first-order valence-electron chi connectivity index (χ1n) is 9.17. The summed E-state index contributed by atoms with van der Waals surface area (Å²) in [4.78, 5) is 17.4. The van der Waals surface area contributed by atoms with E-state index in [0.717, 1.165) is 17.7 Å². The van der Waals surface area contributed by atoms with Gasteiger partial charge in [0.25, 0.3) is 5.56 Å². The van der Waals surface area contributed by atoms with Crippen LogP contribution >= 0.6 is 11.8 Å². The summed E-state index contributed by atoms with van der Waals surface area (Å²) in [5, 5.41) is 0.462. The van der Waals surface area contributed by atoms with E-state index in [1.165, 1.54) is 22.4 Å². The molecule has 0 N–H and O–H groups in total. The molecule has 0 bridgehead atoms. The molecule has 2 aromatic carbocycles. The van der Waals surface area contributed by atoms with E-state index >= 15 is 0 Å². The topological polar surface area (TPSA) is 44.1 Å². The fourth-order valence-corrected chi connectivity index (χ4v) is 3.99. The lowest BCUT2D eigenvalue weighted by molar-refractivity contribution is -0.137. The number of benzene rings is 2. The van der Waals surface area contributed by atoms with Crippen LogP contribution in [0.1, 0.15) is 27.9 Å². The van der Waals surface area contributed by atoms with Crippen LogP contribution in [0.5, 0.6) is 5.75 Å². The number of halogens is 3. The van der Waals surface area contributed by atoms with Crippen molar-refractivity contribution in [2.45, 2.75) is 30.4 Å². The second-order valence-corrected chi connectivity index (χ2v) is 7.78. The van der Waals surface area contributed by atoms with Gasteiger partial charge >= 0.3 is 6.18 Å². The molecule has 1 aromatic heterocycles. The highest BCUT2D eigenvalue weighted by molar-refractivity contribution is 7.98. The maximum atomic E-state index is 12.9. The van der Waals surface area contributed by atoms with Crippen molar-refractivity contribution in [1.82, 2.24) is 9.55 Å². The van der Waals surface area contributed by atoms with Crippen molar-refractivity contribution >= 4 is 11.8 Å². The van der Waals surface area contributed by atoms with Crippen LogP contribution in [0.2, 0.25) is 0 Å². The second kappa shape index (κ2) is 8.95. The lowest BCUT2D eigenvalue weighted by Crippen LogP contribution is -2.25. The third-order valence-corrected chi connectivity index (χ3v) is 5.79. The Kier molecular flexibility index (Phi) is 6.55. The summed E-state index contributed by atoms with van der Waals surface area (Å²) in [6, 6.07) is 12.7. The molecule has 3 rings (SSSR count). The Hall–Kier alpha value is -2.74. The molecule has 0 aliphatic rings. The molecule has 0 saturated carbocycles. The van der Waals surface area contributed by atoms with Crippen LogP contribution in [0.25, 0.3) is 0 Å². The van der Waals surface area contributed by atoms with Gasteiger partial charge < -0.3 is 4.74 Å². The van der Waals surface area contributed by atoms with Gasteiger partial charge in [-0.1, -0.05) is 42.1 Å². The normalized spacial score (nSPS) is 11.5. The van der Waals surface area contributed by atoms with Gasteiger partial charge in [0.15, 0.2) is 5.16 Å². The zero-order chi connectivity index (χ0) is 21.9. The maximum absolute atomic E-state index is 12.9. The van der Waals surface area contributed by atoms with Crippen LogP contribution in [0, 0.1) is 6.92 Å². The Morgan fingerprint density at radius 2 is 1.80 bits per heavy atom. The molecule has 30 heavy (non-hydrogen) atoms. The number of aromatic nitrogens is 2. The number of alkyl halides is 3. The Balaban J connectivity index is 1.82. The third kappa shape index (κ3) is 5.05. The Bertz CT molecular complexity index is 1110. The van der Waals surface area contributed by atoms with Gasteiger partial charge in [-0.3, -0.25) is 9.36 Å². The number of rotatable bonds is 6. The number of hydrogen-bond acceptors (Lipinski definition) is 4. The molecule has 0 saturated heterocycles. The molecule has 8 heteroatoms. The highest BCUT2D eigenvalue weighted by atomic mass is 32.2. The van der Waals surface area contributed by atoms with Crippen molar-refractivity contribution in [1.29, 1.82) is 0 Å². The van der Waals surface area contributed by atoms with Crippen LogP contribution in [0.4, 0.5) is 13.2 Å². The number of ether oxygens (including phenoxy) is 1. The smallest absolute Gasteiger partial charge is 0.416 e. The van der Waals surface area contributed by atoms with E-state index in [2.05, 4.69) is 4.98 Å². The minimum absolute atomic E-state index is 0.170. The summed E-state index contributed by atoms with van der Waals surface area (Å²) in [6.45, 7) is 1.77. The zero-order valence-electron chi connectivity index (χ0n) is 16.8. The average Bonchev–Trinajstić information content (AvgIpc) is 2.72. The number of methoxy groups -OCH3 is 1. The monoisotopic (exact) mass is 434 g/mol. The van der Waals surface area contributed by atoms with Crippen LogP contribution in [-0.2, 0) is 25.4 Å². The molecule has 158 valence electrons. The van der Waals surface area contributed by atoms with Gasteiger partial charge in [-0.15, -0.1) is 0 Å². The molecule has 0 unspecified atom stereocenters. The summed E-state index contributed by atoms with van der Waals surface area (Å²) < 4.78 is 45.4. The molecular weight excluding hydrogens is 413 g/mol. The summed E-state index contributed by atoms with van der Waals surface area (Å²) in [5.74, 6) is 0.988. The third-order valence-electron chi connectivity index (χ3n) is 4.69. The number of aryl methyl sites for hydroxylation is 1. The molecule has 0 atom stereocenters. The maximum Gasteiger partial charge on any atom is 0.416 e. The number of hydrogen-bond donors (Lipinski definition) is 0. The lowest BCUT2D eigenvalue weighted by atomic mass is 10.0. The molecule has 3 aromatic rings. The van der Waals surface area contributed by atoms with E-state index in [1.54, 1.807) is 27.1 Å². The van der Waals surface area contributed by atoms with Crippen molar-refractivity contribution < 1.29 is 17.9 Å². The van der Waals surface area contributed by atoms with Gasteiger partial charge in [-0.05, 0) is 36.2 Å². The molecular formula is C22H21F3N2O2S. The lowest BCUT2D eigenvalue weighted by Gasteiger charge is -2.13. The number of nitrogens with zero attached hydrogens (tertiary/aromatic N) is 2. The Morgan fingerprint density at radius 3 is 2.50 bits per heavy atom. The van der Waals surface area contributed by atoms with E-state index in [1.807, 2.05) is 24.3 Å². The van der Waals surface area contributed by atoms with Gasteiger partial charge in [-0.2, -0.15) is 13.2 Å². The van der Waals surface area contributed by atoms with Crippen LogP contribution in [-0.4, -0.2) is 16.7 Å². The zero-order valence-corrected chi connectivity index (χ0v) is 17.6. The first-order valence-corrected chi connectivity index (χ1v) is 10.2. The molecule has 0 aliphatic carbocycles. The Morgan fingerprint density at radius 1 is 1.10 bits per heavy atom. The summed E-state index contributed by atoms with van der Waals surface area (Å²) >= 11 is 1.23. The summed E-state index contributed by atoms with van der Waals surface area (Å²) in [5.41, 5.74) is 1.77. The number of thioether (sulfide) groups is 1. The first kappa shape index (κ1) is 22.0. The fourth-order valence-electron chi connectivity index (χ4n) is 3.03. The molecule has 0 fully saturated rings. The van der Waals surface area contributed by atoms with Crippen molar-refractivity contribution in [3.63, 3.8) is 0 Å². The predicted molar refractivity (Wildman–Crippen MR) is 111 cm³/mol. The molecule has 0 radical (unpaired) electrons. The molecule has 0 aliphatic heterocycles. The van der Waals surface area contributed by atoms with Crippen LogP contribution < -0.4 is 10.3 Å². The van der Waals surface area contributed by atoms with Crippen LogP contribution in [0.3, 0.4) is 0 Å². The highest BCUT2D eigenvalue weighted by Gasteiger charge is 2.30. The predicted octanol–water partition coefficient (Wildman–Crippen LogP) is 5.00. The minimum Gasteiger partial charge on any atom is -0.497 e. The van der Waals surface area contributed by atoms with Gasteiger partial charge in [-0.25, -0.2) is 4.98 Å². The molecule has 0 amide bonds. The van der Waals surface area contributed by atoms with Crippen LogP contribution in [0.15, 0.2) is 58.5 Å². The standard InChI is InChI=1S/C22H21F3N2O2S/c1-14-19(12-15-6-5-9-18(11-15)29-3)20(28)27(2)21(26-14)30-13-16-7-4-8-17(10-16)22(23,24)25/h4-11H,12-13H2,1-3H3. The van der Waals surface area contributed by atoms with Gasteiger partial charge in [0.2, 0.25) is 0 Å². The van der Waals surface area contributed by atoms with Gasteiger partial charge in [0.05, 0.1) is 12.7 Å². The van der Waals surface area contributed by atoms with E-state index in [0.29, 0.717) is 34.1 Å². The highest BCUT2D eigenvalue weighted by Crippen LogP contribution is 2.31. The molecule has 1 heterocycles. The van der Waals surface area contributed by atoms with E-state index < -0.39 is 11.7 Å². The fraction of sp³-hybridized carbons (Fsp3) is 0.273. The summed E-state index contributed by atoms with van der Waals surface area (Å²) in [7, 11) is 3.21. The van der Waals surface area contributed by atoms with Crippen molar-refractivity contribution in [2.75, 3.05) is 7.11 Å². The van der Waals surface area contributed by atoms with Crippen molar-refractivity contribution in [3.8, 4) is 5.75 Å². The first-order chi connectivity index (χ1) is 14.2. The quantitative estimate of drug-likeness (QED) is 0.405. The summed E-state index contributed by atoms with van der Waals surface area (Å²) in [6.07, 6.45) is -3.97. The average molecular weight is 434 g/mol. The minimum atomic E-state index is -4.38. The molecule has 0 spiro atoms. The molecule has 4 nitrogen and oxygen atoms in total. The van der Waals surface area contributed by atoms with E-state index in [4.69, 9.17) is 4.74 Å². The van der Waals surface area contributed by atoms with Gasteiger partial charge in [0, 0.05) is 30.5 Å². The van der Waals surface area contributed by atoms with E-state index in [9.17, 15) is 18.0 Å². The second-order valence-electron chi connectivity index (χ2n) is 6.84. The SMILES string of the molecule is COc1cccc(Cc2c(C)nc(SCc3cccc(C(F)(F)F)c3)n(C)c2=O)c1.